The van der Waals surface area contributed by atoms with Gasteiger partial charge < -0.3 is 4.90 Å². The summed E-state index contributed by atoms with van der Waals surface area (Å²) in [5, 5.41) is 0. The fourth-order valence-corrected chi connectivity index (χ4v) is 2.83. The molecule has 0 aliphatic rings. The van der Waals surface area contributed by atoms with E-state index in [2.05, 4.69) is 9.71 Å². The van der Waals surface area contributed by atoms with Crippen LogP contribution in [-0.4, -0.2) is 39.1 Å². The highest BCUT2D eigenvalue weighted by molar-refractivity contribution is 7.92. The van der Waals surface area contributed by atoms with E-state index in [-0.39, 0.29) is 5.75 Å². The summed E-state index contributed by atoms with van der Waals surface area (Å²) < 4.78 is 26.3. The second-order valence-corrected chi connectivity index (χ2v) is 6.32. The van der Waals surface area contributed by atoms with E-state index in [0.29, 0.717) is 24.4 Å². The van der Waals surface area contributed by atoms with Gasteiger partial charge >= 0.3 is 0 Å². The summed E-state index contributed by atoms with van der Waals surface area (Å²) in [7, 11) is 0.357. The van der Waals surface area contributed by atoms with Crippen LogP contribution < -0.4 is 9.62 Å². The lowest BCUT2D eigenvalue weighted by Crippen LogP contribution is -2.19. The molecule has 0 radical (unpaired) electrons. The highest BCUT2D eigenvalue weighted by atomic mass is 35.5. The lowest BCUT2D eigenvalue weighted by molar-refractivity contribution is 0.598. The quantitative estimate of drug-likeness (QED) is 0.616. The number of hydrogen-bond donors (Lipinski definition) is 1. The summed E-state index contributed by atoms with van der Waals surface area (Å²) >= 11 is 5.53. The second kappa shape index (κ2) is 6.80. The average molecular weight is 292 g/mol. The van der Waals surface area contributed by atoms with Crippen LogP contribution >= 0.6 is 11.6 Å². The van der Waals surface area contributed by atoms with Crippen LogP contribution in [0, 0.1) is 0 Å². The third kappa shape index (κ3) is 4.70. The van der Waals surface area contributed by atoms with Crippen LogP contribution in [0.2, 0.25) is 0 Å². The van der Waals surface area contributed by atoms with Crippen molar-refractivity contribution >= 4 is 33.0 Å². The molecule has 0 amide bonds. The number of nitrogens with one attached hydrogen (secondary N) is 1. The maximum atomic E-state index is 11.8. The molecule has 1 aromatic heterocycles. The van der Waals surface area contributed by atoms with E-state index in [9.17, 15) is 8.42 Å². The van der Waals surface area contributed by atoms with Crippen LogP contribution in [0.25, 0.3) is 0 Å². The predicted octanol–water partition coefficient (Wildman–Crippen LogP) is 1.91. The van der Waals surface area contributed by atoms with E-state index < -0.39 is 10.0 Å². The molecule has 0 atom stereocenters. The van der Waals surface area contributed by atoms with Crippen molar-refractivity contribution in [1.82, 2.24) is 4.98 Å². The topological polar surface area (TPSA) is 62.3 Å². The Labute approximate surface area is 113 Å². The van der Waals surface area contributed by atoms with Gasteiger partial charge in [-0.05, 0) is 18.9 Å². The Kier molecular flexibility index (Phi) is 5.68. The molecule has 0 bridgehead atoms. The molecule has 0 saturated heterocycles. The number of pyridine rings is 1. The maximum absolute atomic E-state index is 11.8. The minimum atomic E-state index is -3.34. The molecular formula is C11H18ClN3O2S. The van der Waals surface area contributed by atoms with Crippen LogP contribution in [0.1, 0.15) is 12.8 Å². The van der Waals surface area contributed by atoms with E-state index in [1.165, 1.54) is 6.20 Å². The third-order valence-electron chi connectivity index (χ3n) is 2.34. The summed E-state index contributed by atoms with van der Waals surface area (Å²) in [5.41, 5.74) is 1.28. The van der Waals surface area contributed by atoms with E-state index in [4.69, 9.17) is 11.6 Å². The molecule has 0 saturated carbocycles. The molecule has 1 heterocycles. The summed E-state index contributed by atoms with van der Waals surface area (Å²) in [5.74, 6) is 0.548. The van der Waals surface area contributed by atoms with Crippen molar-refractivity contribution in [3.05, 3.63) is 18.5 Å². The second-order valence-electron chi connectivity index (χ2n) is 4.10. The molecule has 1 rings (SSSR count). The monoisotopic (exact) mass is 291 g/mol. The van der Waals surface area contributed by atoms with Crippen molar-refractivity contribution in [3.8, 4) is 0 Å². The minimum absolute atomic E-state index is 0.0709. The SMILES string of the molecule is CN(C)c1ccncc1NS(=O)(=O)CCCCCl. The molecule has 102 valence electrons. The Balaban J connectivity index is 2.78. The lowest BCUT2D eigenvalue weighted by Gasteiger charge is -2.17. The zero-order valence-electron chi connectivity index (χ0n) is 10.6. The number of alkyl halides is 1. The van der Waals surface area contributed by atoms with Gasteiger partial charge in [0.1, 0.15) is 0 Å². The number of aromatic nitrogens is 1. The molecule has 0 fully saturated rings. The summed E-state index contributed by atoms with van der Waals surface area (Å²) in [6, 6.07) is 1.76. The van der Waals surface area contributed by atoms with E-state index >= 15 is 0 Å². The molecule has 7 heteroatoms. The molecule has 0 aromatic carbocycles. The van der Waals surface area contributed by atoms with Crippen molar-refractivity contribution in [3.63, 3.8) is 0 Å². The molecular weight excluding hydrogens is 274 g/mol. The van der Waals surface area contributed by atoms with Crippen LogP contribution in [0.5, 0.6) is 0 Å². The van der Waals surface area contributed by atoms with Crippen LogP contribution in [-0.2, 0) is 10.0 Å². The fraction of sp³-hybridized carbons (Fsp3) is 0.545. The first-order chi connectivity index (χ1) is 8.46. The van der Waals surface area contributed by atoms with Crippen LogP contribution in [0.4, 0.5) is 11.4 Å². The maximum Gasteiger partial charge on any atom is 0.232 e. The number of rotatable bonds is 7. The number of unbranched alkanes of at least 4 members (excludes halogenated alkanes) is 1. The van der Waals surface area contributed by atoms with Gasteiger partial charge in [-0.1, -0.05) is 0 Å². The zero-order valence-corrected chi connectivity index (χ0v) is 12.1. The average Bonchev–Trinajstić information content (AvgIpc) is 2.29. The Morgan fingerprint density at radius 2 is 2.11 bits per heavy atom. The molecule has 1 aromatic rings. The highest BCUT2D eigenvalue weighted by Gasteiger charge is 2.13. The normalized spacial score (nSPS) is 11.3. The van der Waals surface area contributed by atoms with E-state index in [1.54, 1.807) is 12.3 Å². The van der Waals surface area contributed by atoms with Gasteiger partial charge in [0.15, 0.2) is 0 Å². The van der Waals surface area contributed by atoms with E-state index in [0.717, 1.165) is 5.69 Å². The Morgan fingerprint density at radius 3 is 2.72 bits per heavy atom. The van der Waals surface area contributed by atoms with Gasteiger partial charge in [0.2, 0.25) is 10.0 Å². The Bertz CT molecular complexity index is 477. The molecule has 0 unspecified atom stereocenters. The molecule has 18 heavy (non-hydrogen) atoms. The van der Waals surface area contributed by atoms with Gasteiger partial charge in [-0.25, -0.2) is 8.42 Å². The van der Waals surface area contributed by atoms with Gasteiger partial charge in [-0.15, -0.1) is 11.6 Å². The van der Waals surface area contributed by atoms with Crippen LogP contribution in [0.15, 0.2) is 18.5 Å². The van der Waals surface area contributed by atoms with Gasteiger partial charge in [0.05, 0.1) is 23.3 Å². The third-order valence-corrected chi connectivity index (χ3v) is 3.97. The predicted molar refractivity (Wildman–Crippen MR) is 75.9 cm³/mol. The van der Waals surface area contributed by atoms with Crippen molar-refractivity contribution in [2.45, 2.75) is 12.8 Å². The molecule has 5 nitrogen and oxygen atoms in total. The Hall–Kier alpha value is -1.01. The number of hydrogen-bond acceptors (Lipinski definition) is 4. The highest BCUT2D eigenvalue weighted by Crippen LogP contribution is 2.23. The van der Waals surface area contributed by atoms with Gasteiger partial charge in [0, 0.05) is 26.2 Å². The summed E-state index contributed by atoms with van der Waals surface area (Å²) in [6.07, 6.45) is 4.38. The first kappa shape index (κ1) is 15.0. The van der Waals surface area contributed by atoms with Crippen LogP contribution in [0.3, 0.4) is 0 Å². The fourth-order valence-electron chi connectivity index (χ4n) is 1.46. The zero-order chi connectivity index (χ0) is 13.6. The van der Waals surface area contributed by atoms with E-state index in [1.807, 2.05) is 19.0 Å². The summed E-state index contributed by atoms with van der Waals surface area (Å²) in [4.78, 5) is 5.77. The number of halogens is 1. The van der Waals surface area contributed by atoms with Crippen molar-refractivity contribution < 1.29 is 8.42 Å². The van der Waals surface area contributed by atoms with Gasteiger partial charge in [0.25, 0.3) is 0 Å². The first-order valence-electron chi connectivity index (χ1n) is 5.64. The number of sulfonamides is 1. The van der Waals surface area contributed by atoms with Crippen molar-refractivity contribution in [2.75, 3.05) is 35.4 Å². The van der Waals surface area contributed by atoms with Crippen molar-refractivity contribution in [1.29, 1.82) is 0 Å². The largest absolute Gasteiger partial charge is 0.376 e. The van der Waals surface area contributed by atoms with Gasteiger partial charge in [-0.2, -0.15) is 0 Å². The standard InChI is InChI=1S/C11H18ClN3O2S/c1-15(2)11-5-7-13-9-10(11)14-18(16,17)8-4-3-6-12/h5,7,9,14H,3-4,6,8H2,1-2H3. The molecule has 0 aliphatic carbocycles. The molecule has 1 N–H and O–H groups in total. The Morgan fingerprint density at radius 1 is 1.39 bits per heavy atom. The first-order valence-corrected chi connectivity index (χ1v) is 7.83. The minimum Gasteiger partial charge on any atom is -0.376 e. The number of anilines is 2. The van der Waals surface area contributed by atoms with Gasteiger partial charge in [-0.3, -0.25) is 9.71 Å². The summed E-state index contributed by atoms with van der Waals surface area (Å²) in [6.45, 7) is 0. The van der Waals surface area contributed by atoms with Crippen molar-refractivity contribution in [2.24, 2.45) is 0 Å². The number of nitrogens with zero attached hydrogens (tertiary/aromatic N) is 2. The lowest BCUT2D eigenvalue weighted by atomic mass is 10.3. The molecule has 0 spiro atoms. The smallest absolute Gasteiger partial charge is 0.232 e. The molecule has 0 aliphatic heterocycles.